The maximum Gasteiger partial charge on any atom is 0.191 e. The van der Waals surface area contributed by atoms with E-state index in [-0.39, 0.29) is 6.10 Å². The van der Waals surface area contributed by atoms with Crippen LogP contribution in [0.3, 0.4) is 0 Å². The second-order valence-electron chi connectivity index (χ2n) is 7.83. The van der Waals surface area contributed by atoms with Gasteiger partial charge < -0.3 is 20.3 Å². The van der Waals surface area contributed by atoms with Crippen molar-refractivity contribution in [2.75, 3.05) is 37.7 Å². The van der Waals surface area contributed by atoms with Crippen molar-refractivity contribution in [3.63, 3.8) is 0 Å². The number of hydrogen-bond acceptors (Lipinski definition) is 4. The van der Waals surface area contributed by atoms with Gasteiger partial charge in [0.1, 0.15) is 0 Å². The third kappa shape index (κ3) is 5.31. The van der Waals surface area contributed by atoms with Gasteiger partial charge in [-0.25, -0.2) is 0 Å². The van der Waals surface area contributed by atoms with Crippen molar-refractivity contribution in [1.29, 1.82) is 0 Å². The fraction of sp³-hybridized carbons (Fsp3) is 0.522. The van der Waals surface area contributed by atoms with E-state index < -0.39 is 0 Å². The SMILES string of the molecule is CCNC(=NCC1CCOC1c1ccccc1)NC1CCN(c2cccs2)CC1. The van der Waals surface area contributed by atoms with Crippen LogP contribution in [0.25, 0.3) is 0 Å². The maximum atomic E-state index is 6.03. The van der Waals surface area contributed by atoms with Crippen molar-refractivity contribution in [2.24, 2.45) is 10.9 Å². The monoisotopic (exact) mass is 412 g/mol. The zero-order valence-corrected chi connectivity index (χ0v) is 18.0. The lowest BCUT2D eigenvalue weighted by Gasteiger charge is -2.33. The summed E-state index contributed by atoms with van der Waals surface area (Å²) in [6.45, 7) is 6.83. The van der Waals surface area contributed by atoms with Gasteiger partial charge in [0.25, 0.3) is 0 Å². The highest BCUT2D eigenvalue weighted by atomic mass is 32.1. The number of hydrogen-bond donors (Lipinski definition) is 2. The quantitative estimate of drug-likeness (QED) is 0.555. The number of rotatable bonds is 6. The van der Waals surface area contributed by atoms with E-state index in [1.165, 1.54) is 10.6 Å². The average Bonchev–Trinajstić information content (AvgIpc) is 3.46. The molecule has 0 radical (unpaired) electrons. The first-order chi connectivity index (χ1) is 14.3. The molecule has 0 spiro atoms. The molecule has 0 aliphatic carbocycles. The van der Waals surface area contributed by atoms with E-state index in [9.17, 15) is 0 Å². The lowest BCUT2D eigenvalue weighted by molar-refractivity contribution is 0.0925. The van der Waals surface area contributed by atoms with Gasteiger partial charge in [-0.3, -0.25) is 4.99 Å². The van der Waals surface area contributed by atoms with Crippen LogP contribution in [0.5, 0.6) is 0 Å². The van der Waals surface area contributed by atoms with Gasteiger partial charge in [0.05, 0.1) is 11.1 Å². The van der Waals surface area contributed by atoms with Crippen LogP contribution < -0.4 is 15.5 Å². The van der Waals surface area contributed by atoms with Crippen LogP contribution >= 0.6 is 11.3 Å². The molecular weight excluding hydrogens is 380 g/mol. The molecule has 0 saturated carbocycles. The minimum atomic E-state index is 0.164. The minimum Gasteiger partial charge on any atom is -0.373 e. The summed E-state index contributed by atoms with van der Waals surface area (Å²) in [4.78, 5) is 7.43. The number of ether oxygens (including phenoxy) is 1. The summed E-state index contributed by atoms with van der Waals surface area (Å²) in [6, 6.07) is 15.4. The Kier molecular flexibility index (Phi) is 7.06. The van der Waals surface area contributed by atoms with Gasteiger partial charge in [0, 0.05) is 44.7 Å². The first-order valence-corrected chi connectivity index (χ1v) is 11.7. The van der Waals surface area contributed by atoms with Gasteiger partial charge in [-0.15, -0.1) is 11.3 Å². The van der Waals surface area contributed by atoms with Gasteiger partial charge in [-0.2, -0.15) is 0 Å². The van der Waals surface area contributed by atoms with Gasteiger partial charge >= 0.3 is 0 Å². The number of nitrogens with zero attached hydrogens (tertiary/aromatic N) is 2. The van der Waals surface area contributed by atoms with E-state index in [1.807, 2.05) is 11.3 Å². The Hall–Kier alpha value is -2.05. The summed E-state index contributed by atoms with van der Waals surface area (Å²) in [5.74, 6) is 1.38. The van der Waals surface area contributed by atoms with Crippen LogP contribution in [-0.4, -0.2) is 44.8 Å². The summed E-state index contributed by atoms with van der Waals surface area (Å²) in [7, 11) is 0. The van der Waals surface area contributed by atoms with Crippen LogP contribution in [0.2, 0.25) is 0 Å². The highest BCUT2D eigenvalue weighted by Gasteiger charge is 2.29. The standard InChI is InChI=1S/C23H32N4OS/c1-2-24-23(26-20-10-13-27(14-11-20)21-9-6-16-29-21)25-17-19-12-15-28-22(19)18-7-4-3-5-8-18/h3-9,16,19-20,22H,2,10-15,17H2,1H3,(H2,24,25,26). The Labute approximate surface area is 178 Å². The zero-order valence-electron chi connectivity index (χ0n) is 17.2. The molecule has 1 aromatic heterocycles. The molecule has 1 aromatic carbocycles. The molecule has 29 heavy (non-hydrogen) atoms. The summed E-state index contributed by atoms with van der Waals surface area (Å²) >= 11 is 1.83. The predicted molar refractivity (Wildman–Crippen MR) is 122 cm³/mol. The Morgan fingerprint density at radius 2 is 1.97 bits per heavy atom. The fourth-order valence-corrected chi connectivity index (χ4v) is 5.03. The molecule has 0 amide bonds. The molecule has 2 fully saturated rings. The molecule has 2 aliphatic rings. The second-order valence-corrected chi connectivity index (χ2v) is 8.75. The van der Waals surface area contributed by atoms with Gasteiger partial charge in [0.2, 0.25) is 0 Å². The molecule has 2 aromatic rings. The first kappa shape index (κ1) is 20.2. The number of benzene rings is 1. The molecule has 4 rings (SSSR count). The van der Waals surface area contributed by atoms with E-state index in [4.69, 9.17) is 9.73 Å². The van der Waals surface area contributed by atoms with Gasteiger partial charge in [-0.1, -0.05) is 30.3 Å². The van der Waals surface area contributed by atoms with E-state index in [0.717, 1.165) is 58.0 Å². The lowest BCUT2D eigenvalue weighted by Crippen LogP contribution is -2.48. The van der Waals surface area contributed by atoms with Crippen molar-refractivity contribution >= 4 is 22.3 Å². The van der Waals surface area contributed by atoms with Crippen LogP contribution in [0.15, 0.2) is 52.8 Å². The Morgan fingerprint density at radius 1 is 1.14 bits per heavy atom. The summed E-state index contributed by atoms with van der Waals surface area (Å²) < 4.78 is 6.03. The van der Waals surface area contributed by atoms with Crippen molar-refractivity contribution in [2.45, 2.75) is 38.3 Å². The van der Waals surface area contributed by atoms with Crippen molar-refractivity contribution in [1.82, 2.24) is 10.6 Å². The fourth-order valence-electron chi connectivity index (χ4n) is 4.25. The predicted octanol–water partition coefficient (Wildman–Crippen LogP) is 4.05. The minimum absolute atomic E-state index is 0.164. The van der Waals surface area contributed by atoms with Gasteiger partial charge in [-0.05, 0) is 49.3 Å². The van der Waals surface area contributed by atoms with E-state index in [1.54, 1.807) is 0 Å². The second kappa shape index (κ2) is 10.1. The van der Waals surface area contributed by atoms with Crippen LogP contribution in [0.1, 0.15) is 37.9 Å². The van der Waals surface area contributed by atoms with Gasteiger partial charge in [0.15, 0.2) is 5.96 Å². The summed E-state index contributed by atoms with van der Waals surface area (Å²) in [5.41, 5.74) is 1.27. The first-order valence-electron chi connectivity index (χ1n) is 10.8. The summed E-state index contributed by atoms with van der Waals surface area (Å²) in [6.07, 6.45) is 3.52. The third-order valence-electron chi connectivity index (χ3n) is 5.82. The number of aliphatic imine (C=N–C) groups is 1. The topological polar surface area (TPSA) is 48.9 Å². The molecule has 2 N–H and O–H groups in total. The highest BCUT2D eigenvalue weighted by molar-refractivity contribution is 7.14. The lowest BCUT2D eigenvalue weighted by atomic mass is 9.95. The number of guanidine groups is 1. The number of nitrogens with one attached hydrogen (secondary N) is 2. The Morgan fingerprint density at radius 3 is 2.69 bits per heavy atom. The van der Waals surface area contributed by atoms with Crippen molar-refractivity contribution in [3.8, 4) is 0 Å². The Balaban J connectivity index is 1.32. The Bertz CT molecular complexity index is 756. The van der Waals surface area contributed by atoms with Crippen LogP contribution in [0, 0.1) is 5.92 Å². The number of anilines is 1. The molecule has 6 heteroatoms. The van der Waals surface area contributed by atoms with Crippen LogP contribution in [0.4, 0.5) is 5.00 Å². The van der Waals surface area contributed by atoms with Crippen molar-refractivity contribution < 1.29 is 4.74 Å². The van der Waals surface area contributed by atoms with E-state index in [0.29, 0.717) is 12.0 Å². The normalized spacial score (nSPS) is 23.3. The molecule has 3 heterocycles. The average molecular weight is 413 g/mol. The summed E-state index contributed by atoms with van der Waals surface area (Å²) in [5, 5.41) is 10.7. The van der Waals surface area contributed by atoms with E-state index in [2.05, 4.69) is 70.3 Å². The number of piperidine rings is 1. The molecule has 5 nitrogen and oxygen atoms in total. The smallest absolute Gasteiger partial charge is 0.191 e. The largest absolute Gasteiger partial charge is 0.373 e. The molecule has 2 atom stereocenters. The molecule has 0 bridgehead atoms. The zero-order chi connectivity index (χ0) is 19.9. The number of thiophene rings is 1. The highest BCUT2D eigenvalue weighted by Crippen LogP contribution is 2.34. The molecular formula is C23H32N4OS. The molecule has 2 saturated heterocycles. The third-order valence-corrected chi connectivity index (χ3v) is 6.75. The van der Waals surface area contributed by atoms with E-state index >= 15 is 0 Å². The molecule has 156 valence electrons. The maximum absolute atomic E-state index is 6.03. The molecule has 2 aliphatic heterocycles. The van der Waals surface area contributed by atoms with Crippen LogP contribution in [-0.2, 0) is 4.74 Å². The van der Waals surface area contributed by atoms with Crippen molar-refractivity contribution in [3.05, 3.63) is 53.4 Å². The molecule has 2 unspecified atom stereocenters.